The Morgan fingerprint density at radius 2 is 1.61 bits per heavy atom. The number of nitriles is 1. The number of hydrogen-bond donors (Lipinski definition) is 1. The number of ether oxygens (including phenoxy) is 1. The zero-order chi connectivity index (χ0) is 13.1. The van der Waals surface area contributed by atoms with Crippen LogP contribution in [0, 0.1) is 25.2 Å². The molecule has 0 atom stereocenters. The topological polar surface area (TPSA) is 59.0 Å². The van der Waals surface area contributed by atoms with E-state index in [1.54, 1.807) is 12.1 Å². The maximum atomic E-state index is 8.86. The maximum absolute atomic E-state index is 8.86. The van der Waals surface area contributed by atoms with Crippen LogP contribution in [0.25, 0.3) is 0 Å². The highest BCUT2D eigenvalue weighted by atomic mass is 16.5. The standard InChI is InChI=1S/C15H14N2O/c1-10-7-13(4-3-12(10)9-16)18-14-5-6-15(17)11(2)8-14/h3-8H,17H2,1-2H3. The summed E-state index contributed by atoms with van der Waals surface area (Å²) in [6.07, 6.45) is 0. The number of aryl methyl sites for hydroxylation is 2. The highest BCUT2D eigenvalue weighted by molar-refractivity contribution is 5.51. The SMILES string of the molecule is Cc1cc(Oc2ccc(C#N)c(C)c2)ccc1N. The zero-order valence-electron chi connectivity index (χ0n) is 10.4. The Hall–Kier alpha value is -2.47. The predicted octanol–water partition coefficient (Wildman–Crippen LogP) is 3.55. The third kappa shape index (κ3) is 2.44. The maximum Gasteiger partial charge on any atom is 0.127 e. The largest absolute Gasteiger partial charge is 0.457 e. The Kier molecular flexibility index (Phi) is 3.20. The van der Waals surface area contributed by atoms with Crippen LogP contribution in [0.1, 0.15) is 16.7 Å². The number of hydrogen-bond acceptors (Lipinski definition) is 3. The van der Waals surface area contributed by atoms with Crippen molar-refractivity contribution < 1.29 is 4.74 Å². The van der Waals surface area contributed by atoms with Crippen molar-refractivity contribution in [3.63, 3.8) is 0 Å². The molecule has 0 saturated carbocycles. The van der Waals surface area contributed by atoms with Gasteiger partial charge >= 0.3 is 0 Å². The van der Waals surface area contributed by atoms with Gasteiger partial charge in [-0.25, -0.2) is 0 Å². The average Bonchev–Trinajstić information content (AvgIpc) is 2.34. The molecule has 0 saturated heterocycles. The summed E-state index contributed by atoms with van der Waals surface area (Å²) < 4.78 is 5.73. The first-order valence-electron chi connectivity index (χ1n) is 5.65. The van der Waals surface area contributed by atoms with Crippen LogP contribution in [-0.4, -0.2) is 0 Å². The molecule has 0 spiro atoms. The molecule has 0 bridgehead atoms. The molecule has 0 aliphatic rings. The second-order valence-corrected chi connectivity index (χ2v) is 4.21. The summed E-state index contributed by atoms with van der Waals surface area (Å²) in [6, 6.07) is 13.1. The molecule has 2 aromatic rings. The molecule has 0 heterocycles. The fourth-order valence-electron chi connectivity index (χ4n) is 1.67. The van der Waals surface area contributed by atoms with E-state index in [4.69, 9.17) is 15.7 Å². The lowest BCUT2D eigenvalue weighted by atomic mass is 10.1. The van der Waals surface area contributed by atoms with Crippen LogP contribution in [0.4, 0.5) is 5.69 Å². The molecular weight excluding hydrogens is 224 g/mol. The van der Waals surface area contributed by atoms with Crippen molar-refractivity contribution in [3.8, 4) is 17.6 Å². The van der Waals surface area contributed by atoms with Crippen molar-refractivity contribution in [2.45, 2.75) is 13.8 Å². The van der Waals surface area contributed by atoms with E-state index in [2.05, 4.69) is 6.07 Å². The molecule has 18 heavy (non-hydrogen) atoms. The van der Waals surface area contributed by atoms with Gasteiger partial charge in [0.2, 0.25) is 0 Å². The molecule has 0 aliphatic heterocycles. The summed E-state index contributed by atoms with van der Waals surface area (Å²) in [7, 11) is 0. The van der Waals surface area contributed by atoms with Crippen LogP contribution >= 0.6 is 0 Å². The molecule has 0 amide bonds. The molecule has 3 heteroatoms. The third-order valence-corrected chi connectivity index (χ3v) is 2.80. The molecule has 90 valence electrons. The predicted molar refractivity (Wildman–Crippen MR) is 71.6 cm³/mol. The molecular formula is C15H14N2O. The molecule has 0 fully saturated rings. The summed E-state index contributed by atoms with van der Waals surface area (Å²) >= 11 is 0. The van der Waals surface area contributed by atoms with Crippen LogP contribution in [-0.2, 0) is 0 Å². The Morgan fingerprint density at radius 3 is 2.17 bits per heavy atom. The van der Waals surface area contributed by atoms with Crippen LogP contribution in [0.15, 0.2) is 36.4 Å². The smallest absolute Gasteiger partial charge is 0.127 e. The summed E-state index contributed by atoms with van der Waals surface area (Å²) in [6.45, 7) is 3.83. The van der Waals surface area contributed by atoms with Gasteiger partial charge in [-0.3, -0.25) is 0 Å². The summed E-state index contributed by atoms with van der Waals surface area (Å²) in [4.78, 5) is 0. The number of benzene rings is 2. The Labute approximate surface area is 106 Å². The number of rotatable bonds is 2. The van der Waals surface area contributed by atoms with Gasteiger partial charge in [0.15, 0.2) is 0 Å². The molecule has 0 unspecified atom stereocenters. The lowest BCUT2D eigenvalue weighted by Gasteiger charge is -2.09. The van der Waals surface area contributed by atoms with E-state index in [-0.39, 0.29) is 0 Å². The van der Waals surface area contributed by atoms with E-state index < -0.39 is 0 Å². The Bertz CT molecular complexity index is 627. The molecule has 2 rings (SSSR count). The second-order valence-electron chi connectivity index (χ2n) is 4.21. The summed E-state index contributed by atoms with van der Waals surface area (Å²) in [5.74, 6) is 1.46. The fraction of sp³-hybridized carbons (Fsp3) is 0.133. The van der Waals surface area contributed by atoms with Gasteiger partial charge in [-0.1, -0.05) is 0 Å². The first kappa shape index (κ1) is 12.0. The lowest BCUT2D eigenvalue weighted by Crippen LogP contribution is -1.91. The van der Waals surface area contributed by atoms with Crippen molar-refractivity contribution >= 4 is 5.69 Å². The van der Waals surface area contributed by atoms with Gasteiger partial charge in [0.1, 0.15) is 11.5 Å². The molecule has 3 nitrogen and oxygen atoms in total. The highest BCUT2D eigenvalue weighted by Gasteiger charge is 2.02. The number of nitrogens with two attached hydrogens (primary N) is 1. The van der Waals surface area contributed by atoms with Crippen molar-refractivity contribution in [2.75, 3.05) is 5.73 Å². The first-order chi connectivity index (χ1) is 8.60. The molecule has 0 radical (unpaired) electrons. The van der Waals surface area contributed by atoms with E-state index in [0.29, 0.717) is 5.56 Å². The quantitative estimate of drug-likeness (QED) is 0.814. The number of anilines is 1. The average molecular weight is 238 g/mol. The minimum Gasteiger partial charge on any atom is -0.457 e. The third-order valence-electron chi connectivity index (χ3n) is 2.80. The number of nitrogen functional groups attached to an aromatic ring is 1. The van der Waals surface area contributed by atoms with Crippen LogP contribution in [0.3, 0.4) is 0 Å². The second kappa shape index (κ2) is 4.80. The molecule has 0 aromatic heterocycles. The Morgan fingerprint density at radius 1 is 1.00 bits per heavy atom. The lowest BCUT2D eigenvalue weighted by molar-refractivity contribution is 0.482. The minimum absolute atomic E-state index is 0.663. The van der Waals surface area contributed by atoms with Gasteiger partial charge in [0.25, 0.3) is 0 Å². The molecule has 2 aromatic carbocycles. The molecule has 0 aliphatic carbocycles. The van der Waals surface area contributed by atoms with Crippen molar-refractivity contribution in [1.82, 2.24) is 0 Å². The zero-order valence-corrected chi connectivity index (χ0v) is 10.4. The number of nitrogens with zero attached hydrogens (tertiary/aromatic N) is 1. The first-order valence-corrected chi connectivity index (χ1v) is 5.65. The van der Waals surface area contributed by atoms with Crippen LogP contribution in [0.5, 0.6) is 11.5 Å². The monoisotopic (exact) mass is 238 g/mol. The van der Waals surface area contributed by atoms with Gasteiger partial charge in [0, 0.05) is 5.69 Å². The van der Waals surface area contributed by atoms with Crippen LogP contribution < -0.4 is 10.5 Å². The van der Waals surface area contributed by atoms with E-state index in [1.165, 1.54) is 0 Å². The van der Waals surface area contributed by atoms with E-state index in [9.17, 15) is 0 Å². The normalized spacial score (nSPS) is 9.83. The molecule has 2 N–H and O–H groups in total. The van der Waals surface area contributed by atoms with E-state index in [1.807, 2.05) is 38.1 Å². The van der Waals surface area contributed by atoms with Gasteiger partial charge in [-0.2, -0.15) is 5.26 Å². The summed E-state index contributed by atoms with van der Waals surface area (Å²) in [5.41, 5.74) is 9.05. The van der Waals surface area contributed by atoms with E-state index in [0.717, 1.165) is 28.3 Å². The highest BCUT2D eigenvalue weighted by Crippen LogP contribution is 2.26. The van der Waals surface area contributed by atoms with E-state index >= 15 is 0 Å². The van der Waals surface area contributed by atoms with Crippen molar-refractivity contribution in [2.24, 2.45) is 0 Å². The van der Waals surface area contributed by atoms with Crippen molar-refractivity contribution in [3.05, 3.63) is 53.1 Å². The van der Waals surface area contributed by atoms with Gasteiger partial charge in [-0.05, 0) is 61.4 Å². The summed E-state index contributed by atoms with van der Waals surface area (Å²) in [5, 5.41) is 8.86. The Balaban J connectivity index is 2.26. The van der Waals surface area contributed by atoms with Gasteiger partial charge in [-0.15, -0.1) is 0 Å². The fourth-order valence-corrected chi connectivity index (χ4v) is 1.67. The van der Waals surface area contributed by atoms with Crippen molar-refractivity contribution in [1.29, 1.82) is 5.26 Å². The van der Waals surface area contributed by atoms with Gasteiger partial charge in [0.05, 0.1) is 11.6 Å². The van der Waals surface area contributed by atoms with Gasteiger partial charge < -0.3 is 10.5 Å². The minimum atomic E-state index is 0.663. The van der Waals surface area contributed by atoms with Crippen LogP contribution in [0.2, 0.25) is 0 Å².